The SMILES string of the molecule is CC(C)(c1cccc(C(F)(F)F)c1F)C(N)C(=O)O. The van der Waals surface area contributed by atoms with Crippen LogP contribution in [0.2, 0.25) is 0 Å². The van der Waals surface area contributed by atoms with E-state index in [1.165, 1.54) is 13.8 Å². The zero-order chi connectivity index (χ0) is 15.0. The number of hydrogen-bond acceptors (Lipinski definition) is 2. The minimum Gasteiger partial charge on any atom is -0.480 e. The van der Waals surface area contributed by atoms with Crippen LogP contribution in [-0.4, -0.2) is 17.1 Å². The molecule has 1 aromatic carbocycles. The van der Waals surface area contributed by atoms with Crippen LogP contribution in [0.15, 0.2) is 18.2 Å². The predicted molar refractivity (Wildman–Crippen MR) is 60.0 cm³/mol. The fourth-order valence-corrected chi connectivity index (χ4v) is 1.72. The Labute approximate surface area is 107 Å². The van der Waals surface area contributed by atoms with Gasteiger partial charge in [-0.2, -0.15) is 13.2 Å². The summed E-state index contributed by atoms with van der Waals surface area (Å²) in [5, 5.41) is 8.83. The van der Waals surface area contributed by atoms with Crippen molar-refractivity contribution in [2.45, 2.75) is 31.5 Å². The Kier molecular flexibility index (Phi) is 3.90. The van der Waals surface area contributed by atoms with Crippen LogP contribution in [0.25, 0.3) is 0 Å². The zero-order valence-corrected chi connectivity index (χ0v) is 10.3. The summed E-state index contributed by atoms with van der Waals surface area (Å²) in [5.74, 6) is -2.90. The first-order chi connectivity index (χ1) is 8.49. The average Bonchev–Trinajstić information content (AvgIpc) is 2.26. The van der Waals surface area contributed by atoms with E-state index in [9.17, 15) is 22.4 Å². The van der Waals surface area contributed by atoms with Crippen molar-refractivity contribution >= 4 is 5.97 Å². The van der Waals surface area contributed by atoms with E-state index in [1.807, 2.05) is 0 Å². The van der Waals surface area contributed by atoms with E-state index in [0.717, 1.165) is 12.1 Å². The van der Waals surface area contributed by atoms with Gasteiger partial charge in [0.05, 0.1) is 5.56 Å². The molecule has 1 rings (SSSR count). The molecule has 19 heavy (non-hydrogen) atoms. The first-order valence-corrected chi connectivity index (χ1v) is 5.34. The lowest BCUT2D eigenvalue weighted by molar-refractivity contribution is -0.140. The Morgan fingerprint density at radius 2 is 1.74 bits per heavy atom. The van der Waals surface area contributed by atoms with Gasteiger partial charge in [0, 0.05) is 5.41 Å². The number of aliphatic carboxylic acids is 1. The summed E-state index contributed by atoms with van der Waals surface area (Å²) in [4.78, 5) is 10.8. The molecule has 0 fully saturated rings. The maximum Gasteiger partial charge on any atom is 0.419 e. The van der Waals surface area contributed by atoms with E-state index in [1.54, 1.807) is 0 Å². The van der Waals surface area contributed by atoms with Gasteiger partial charge in [-0.05, 0) is 11.6 Å². The van der Waals surface area contributed by atoms with E-state index >= 15 is 0 Å². The topological polar surface area (TPSA) is 63.3 Å². The van der Waals surface area contributed by atoms with Gasteiger partial charge < -0.3 is 10.8 Å². The number of nitrogens with two attached hydrogens (primary N) is 1. The Hall–Kier alpha value is -1.63. The Morgan fingerprint density at radius 1 is 1.26 bits per heavy atom. The van der Waals surface area contributed by atoms with Crippen molar-refractivity contribution in [3.63, 3.8) is 0 Å². The fourth-order valence-electron chi connectivity index (χ4n) is 1.72. The van der Waals surface area contributed by atoms with Gasteiger partial charge in [-0.15, -0.1) is 0 Å². The first kappa shape index (κ1) is 15.4. The van der Waals surface area contributed by atoms with Gasteiger partial charge in [0.15, 0.2) is 0 Å². The molecule has 3 N–H and O–H groups in total. The molecule has 0 heterocycles. The van der Waals surface area contributed by atoms with E-state index in [0.29, 0.717) is 6.07 Å². The summed E-state index contributed by atoms with van der Waals surface area (Å²) in [6.07, 6.45) is -4.84. The van der Waals surface area contributed by atoms with Crippen LogP contribution in [0.5, 0.6) is 0 Å². The third kappa shape index (κ3) is 2.86. The molecule has 0 aliphatic carbocycles. The Bertz CT molecular complexity index is 497. The summed E-state index contributed by atoms with van der Waals surface area (Å²) in [7, 11) is 0. The number of alkyl halides is 3. The average molecular weight is 279 g/mol. The normalized spacial score (nSPS) is 14.3. The lowest BCUT2D eigenvalue weighted by atomic mass is 9.77. The van der Waals surface area contributed by atoms with Crippen LogP contribution in [0.4, 0.5) is 17.6 Å². The summed E-state index contributed by atoms with van der Waals surface area (Å²) >= 11 is 0. The molecule has 0 radical (unpaired) electrons. The first-order valence-electron chi connectivity index (χ1n) is 5.34. The summed E-state index contributed by atoms with van der Waals surface area (Å²) in [6, 6.07) is 1.21. The Morgan fingerprint density at radius 3 is 2.16 bits per heavy atom. The largest absolute Gasteiger partial charge is 0.480 e. The van der Waals surface area contributed by atoms with E-state index in [-0.39, 0.29) is 5.56 Å². The lowest BCUT2D eigenvalue weighted by Gasteiger charge is -2.30. The van der Waals surface area contributed by atoms with Crippen LogP contribution >= 0.6 is 0 Å². The van der Waals surface area contributed by atoms with Crippen LogP contribution in [-0.2, 0) is 16.4 Å². The highest BCUT2D eigenvalue weighted by atomic mass is 19.4. The van der Waals surface area contributed by atoms with Gasteiger partial charge in [-0.25, -0.2) is 4.39 Å². The molecule has 106 valence electrons. The monoisotopic (exact) mass is 279 g/mol. The number of benzene rings is 1. The van der Waals surface area contributed by atoms with Crippen LogP contribution in [0.3, 0.4) is 0 Å². The molecule has 0 aliphatic heterocycles. The second kappa shape index (κ2) is 4.80. The molecule has 0 aromatic heterocycles. The number of carboxylic acids is 1. The molecule has 1 aromatic rings. The second-order valence-corrected chi connectivity index (χ2v) is 4.70. The molecule has 1 unspecified atom stereocenters. The van der Waals surface area contributed by atoms with Crippen molar-refractivity contribution < 1.29 is 27.5 Å². The predicted octanol–water partition coefficient (Wildman–Crippen LogP) is 2.53. The second-order valence-electron chi connectivity index (χ2n) is 4.70. The van der Waals surface area contributed by atoms with E-state index < -0.39 is 35.0 Å². The van der Waals surface area contributed by atoms with Gasteiger partial charge in [-0.3, -0.25) is 4.79 Å². The molecular weight excluding hydrogens is 266 g/mol. The molecular formula is C12H13F4NO2. The van der Waals surface area contributed by atoms with Crippen LogP contribution < -0.4 is 5.73 Å². The highest BCUT2D eigenvalue weighted by molar-refractivity contribution is 5.75. The van der Waals surface area contributed by atoms with E-state index in [2.05, 4.69) is 0 Å². The quantitative estimate of drug-likeness (QED) is 0.836. The lowest BCUT2D eigenvalue weighted by Crippen LogP contribution is -2.47. The molecule has 7 heteroatoms. The number of carboxylic acid groups (broad SMARTS) is 1. The molecule has 0 aliphatic rings. The summed E-state index contributed by atoms with van der Waals surface area (Å²) in [6.45, 7) is 2.56. The van der Waals surface area contributed by atoms with E-state index in [4.69, 9.17) is 10.8 Å². The maximum atomic E-state index is 13.9. The summed E-state index contributed by atoms with van der Waals surface area (Å²) in [5.41, 5.74) is 2.12. The third-order valence-corrected chi connectivity index (χ3v) is 3.04. The maximum absolute atomic E-state index is 13.9. The van der Waals surface area contributed by atoms with Gasteiger partial charge in [0.1, 0.15) is 11.9 Å². The number of rotatable bonds is 3. The minimum atomic E-state index is -4.84. The van der Waals surface area contributed by atoms with Gasteiger partial charge in [0.25, 0.3) is 0 Å². The van der Waals surface area contributed by atoms with Gasteiger partial charge >= 0.3 is 12.1 Å². The molecule has 0 amide bonds. The fraction of sp³-hybridized carbons (Fsp3) is 0.417. The van der Waals surface area contributed by atoms with Gasteiger partial charge in [-0.1, -0.05) is 26.0 Å². The van der Waals surface area contributed by atoms with Gasteiger partial charge in [0.2, 0.25) is 0 Å². The number of carbonyl (C=O) groups is 1. The molecule has 1 atom stereocenters. The van der Waals surface area contributed by atoms with Crippen molar-refractivity contribution in [3.8, 4) is 0 Å². The number of halogens is 4. The standard InChI is InChI=1S/C12H13F4NO2/c1-11(2,9(17)10(18)19)6-4-3-5-7(8(6)13)12(14,15)16/h3-5,9H,17H2,1-2H3,(H,18,19). The molecule has 0 saturated carbocycles. The van der Waals surface area contributed by atoms with Crippen molar-refractivity contribution in [1.82, 2.24) is 0 Å². The van der Waals surface area contributed by atoms with Crippen molar-refractivity contribution in [2.24, 2.45) is 5.73 Å². The van der Waals surface area contributed by atoms with Crippen molar-refractivity contribution in [2.75, 3.05) is 0 Å². The molecule has 0 bridgehead atoms. The minimum absolute atomic E-state index is 0.378. The van der Waals surface area contributed by atoms with Crippen LogP contribution in [0, 0.1) is 5.82 Å². The van der Waals surface area contributed by atoms with Crippen molar-refractivity contribution in [3.05, 3.63) is 35.1 Å². The zero-order valence-electron chi connectivity index (χ0n) is 10.3. The smallest absolute Gasteiger partial charge is 0.419 e. The molecule has 3 nitrogen and oxygen atoms in total. The highest BCUT2D eigenvalue weighted by Crippen LogP contribution is 2.36. The van der Waals surface area contributed by atoms with Crippen molar-refractivity contribution in [1.29, 1.82) is 0 Å². The summed E-state index contributed by atoms with van der Waals surface area (Å²) < 4.78 is 51.7. The molecule has 0 spiro atoms. The highest BCUT2D eigenvalue weighted by Gasteiger charge is 2.40. The Balaban J connectivity index is 3.41. The van der Waals surface area contributed by atoms with Crippen LogP contribution in [0.1, 0.15) is 25.0 Å². The third-order valence-electron chi connectivity index (χ3n) is 3.04. The number of hydrogen-bond donors (Lipinski definition) is 2. The molecule has 0 saturated heterocycles.